The number of ether oxygens (including phenoxy) is 1. The van der Waals surface area contributed by atoms with Gasteiger partial charge in [0.05, 0.1) is 13.2 Å². The lowest BCUT2D eigenvalue weighted by molar-refractivity contribution is 0.0368. The molecule has 1 aliphatic rings. The largest absolute Gasteiger partial charge is 0.399 e. The molecule has 1 aromatic rings. The van der Waals surface area contributed by atoms with Gasteiger partial charge in [0.1, 0.15) is 0 Å². The van der Waals surface area contributed by atoms with Crippen LogP contribution in [0.3, 0.4) is 0 Å². The van der Waals surface area contributed by atoms with Crippen molar-refractivity contribution in [2.45, 2.75) is 13.0 Å². The van der Waals surface area contributed by atoms with Crippen molar-refractivity contribution in [2.24, 2.45) is 0 Å². The molecule has 5 heteroatoms. The Balaban J connectivity index is 1.87. The highest BCUT2D eigenvalue weighted by molar-refractivity contribution is 9.10. The SMILES string of the molecule is CC(CN1CCOCC1)Nc1ccc(N)cc1Br. The van der Waals surface area contributed by atoms with E-state index in [1.807, 2.05) is 18.2 Å². The van der Waals surface area contributed by atoms with Crippen molar-refractivity contribution in [3.63, 3.8) is 0 Å². The number of benzene rings is 1. The molecular formula is C13H20BrN3O. The monoisotopic (exact) mass is 313 g/mol. The average Bonchev–Trinajstić information content (AvgIpc) is 2.34. The van der Waals surface area contributed by atoms with Crippen molar-refractivity contribution < 1.29 is 4.74 Å². The maximum atomic E-state index is 5.73. The fourth-order valence-electron chi connectivity index (χ4n) is 2.13. The molecule has 1 fully saturated rings. The average molecular weight is 314 g/mol. The minimum atomic E-state index is 0.392. The zero-order chi connectivity index (χ0) is 13.0. The number of anilines is 2. The molecule has 1 aliphatic heterocycles. The number of hydrogen-bond acceptors (Lipinski definition) is 4. The second kappa shape index (κ2) is 6.41. The van der Waals surface area contributed by atoms with Gasteiger partial charge in [0, 0.05) is 41.5 Å². The number of nitrogens with zero attached hydrogens (tertiary/aromatic N) is 1. The van der Waals surface area contributed by atoms with Crippen molar-refractivity contribution >= 4 is 27.3 Å². The van der Waals surface area contributed by atoms with E-state index in [-0.39, 0.29) is 0 Å². The predicted molar refractivity (Wildman–Crippen MR) is 78.9 cm³/mol. The Labute approximate surface area is 117 Å². The molecule has 0 spiro atoms. The maximum absolute atomic E-state index is 5.73. The molecule has 18 heavy (non-hydrogen) atoms. The number of halogens is 1. The first-order valence-corrected chi connectivity index (χ1v) is 7.06. The van der Waals surface area contributed by atoms with Gasteiger partial charge in [-0.1, -0.05) is 0 Å². The molecule has 1 heterocycles. The van der Waals surface area contributed by atoms with E-state index in [1.54, 1.807) is 0 Å². The number of nitrogens with one attached hydrogen (secondary N) is 1. The van der Waals surface area contributed by atoms with E-state index in [0.29, 0.717) is 6.04 Å². The fourth-order valence-corrected chi connectivity index (χ4v) is 2.64. The third-order valence-corrected chi connectivity index (χ3v) is 3.69. The highest BCUT2D eigenvalue weighted by Crippen LogP contribution is 2.25. The van der Waals surface area contributed by atoms with Crippen LogP contribution in [0.4, 0.5) is 11.4 Å². The second-order valence-electron chi connectivity index (χ2n) is 4.70. The van der Waals surface area contributed by atoms with E-state index in [2.05, 4.69) is 33.1 Å². The van der Waals surface area contributed by atoms with Crippen LogP contribution in [0.1, 0.15) is 6.92 Å². The van der Waals surface area contributed by atoms with Crippen LogP contribution >= 0.6 is 15.9 Å². The van der Waals surface area contributed by atoms with Crippen LogP contribution in [0.25, 0.3) is 0 Å². The first kappa shape index (κ1) is 13.6. The van der Waals surface area contributed by atoms with Crippen molar-refractivity contribution in [2.75, 3.05) is 43.9 Å². The zero-order valence-corrected chi connectivity index (χ0v) is 12.2. The zero-order valence-electron chi connectivity index (χ0n) is 10.7. The number of rotatable bonds is 4. The van der Waals surface area contributed by atoms with Crippen LogP contribution in [-0.2, 0) is 4.74 Å². The van der Waals surface area contributed by atoms with E-state index >= 15 is 0 Å². The van der Waals surface area contributed by atoms with Crippen LogP contribution in [0.2, 0.25) is 0 Å². The van der Waals surface area contributed by atoms with Gasteiger partial charge in [-0.2, -0.15) is 0 Å². The summed E-state index contributed by atoms with van der Waals surface area (Å²) in [6.07, 6.45) is 0. The first-order valence-electron chi connectivity index (χ1n) is 6.27. The van der Waals surface area contributed by atoms with Gasteiger partial charge in [0.15, 0.2) is 0 Å². The summed E-state index contributed by atoms with van der Waals surface area (Å²) in [6, 6.07) is 6.23. The number of nitrogens with two attached hydrogens (primary N) is 1. The lowest BCUT2D eigenvalue weighted by atomic mass is 10.2. The van der Waals surface area contributed by atoms with Gasteiger partial charge in [-0.25, -0.2) is 0 Å². The second-order valence-corrected chi connectivity index (χ2v) is 5.55. The topological polar surface area (TPSA) is 50.5 Å². The van der Waals surface area contributed by atoms with Crippen molar-refractivity contribution in [1.82, 2.24) is 4.90 Å². The lowest BCUT2D eigenvalue weighted by Gasteiger charge is -2.29. The van der Waals surface area contributed by atoms with E-state index in [9.17, 15) is 0 Å². The van der Waals surface area contributed by atoms with Gasteiger partial charge < -0.3 is 15.8 Å². The summed E-state index contributed by atoms with van der Waals surface area (Å²) in [5.41, 5.74) is 7.59. The van der Waals surface area contributed by atoms with Gasteiger partial charge in [-0.05, 0) is 41.1 Å². The summed E-state index contributed by atoms with van der Waals surface area (Å²) in [5, 5.41) is 3.50. The normalized spacial score (nSPS) is 18.6. The highest BCUT2D eigenvalue weighted by atomic mass is 79.9. The molecular weight excluding hydrogens is 294 g/mol. The molecule has 0 amide bonds. The highest BCUT2D eigenvalue weighted by Gasteiger charge is 2.14. The summed E-state index contributed by atoms with van der Waals surface area (Å²) in [4.78, 5) is 2.42. The molecule has 1 unspecified atom stereocenters. The molecule has 2 rings (SSSR count). The Bertz CT molecular complexity index is 394. The summed E-state index contributed by atoms with van der Waals surface area (Å²) in [7, 11) is 0. The van der Waals surface area contributed by atoms with Crippen LogP contribution in [-0.4, -0.2) is 43.8 Å². The van der Waals surface area contributed by atoms with E-state index in [4.69, 9.17) is 10.5 Å². The molecule has 0 aromatic heterocycles. The van der Waals surface area contributed by atoms with Gasteiger partial charge in [0.25, 0.3) is 0 Å². The van der Waals surface area contributed by atoms with Crippen LogP contribution in [0.5, 0.6) is 0 Å². The molecule has 4 nitrogen and oxygen atoms in total. The van der Waals surface area contributed by atoms with Crippen molar-refractivity contribution in [3.8, 4) is 0 Å². The molecule has 0 aliphatic carbocycles. The Morgan fingerprint density at radius 3 is 2.83 bits per heavy atom. The summed E-state index contributed by atoms with van der Waals surface area (Å²) in [6.45, 7) is 6.96. The molecule has 0 saturated carbocycles. The molecule has 1 atom stereocenters. The van der Waals surface area contributed by atoms with Gasteiger partial charge in [-0.3, -0.25) is 4.90 Å². The molecule has 1 aromatic carbocycles. The minimum absolute atomic E-state index is 0.392. The summed E-state index contributed by atoms with van der Waals surface area (Å²) in [5.74, 6) is 0. The molecule has 0 radical (unpaired) electrons. The third kappa shape index (κ3) is 3.86. The Kier molecular flexibility index (Phi) is 4.86. The minimum Gasteiger partial charge on any atom is -0.399 e. The molecule has 1 saturated heterocycles. The summed E-state index contributed by atoms with van der Waals surface area (Å²) < 4.78 is 6.36. The van der Waals surface area contributed by atoms with E-state index < -0.39 is 0 Å². The van der Waals surface area contributed by atoms with Crippen molar-refractivity contribution in [3.05, 3.63) is 22.7 Å². The lowest BCUT2D eigenvalue weighted by Crippen LogP contribution is -2.42. The quantitative estimate of drug-likeness (QED) is 0.836. The van der Waals surface area contributed by atoms with Crippen LogP contribution in [0.15, 0.2) is 22.7 Å². The van der Waals surface area contributed by atoms with E-state index in [1.165, 1.54) is 0 Å². The van der Waals surface area contributed by atoms with Crippen LogP contribution in [0, 0.1) is 0 Å². The van der Waals surface area contributed by atoms with Crippen molar-refractivity contribution in [1.29, 1.82) is 0 Å². The first-order chi connectivity index (χ1) is 8.65. The van der Waals surface area contributed by atoms with Gasteiger partial charge >= 0.3 is 0 Å². The number of hydrogen-bond donors (Lipinski definition) is 2. The van der Waals surface area contributed by atoms with E-state index in [0.717, 1.165) is 48.7 Å². The Hall–Kier alpha value is -0.780. The maximum Gasteiger partial charge on any atom is 0.0594 e. The molecule has 100 valence electrons. The standard InChI is InChI=1S/C13H20BrN3O/c1-10(9-17-4-6-18-7-5-17)16-13-3-2-11(15)8-12(13)14/h2-3,8,10,16H,4-7,9,15H2,1H3. The smallest absolute Gasteiger partial charge is 0.0594 e. The molecule has 3 N–H and O–H groups in total. The fraction of sp³-hybridized carbons (Fsp3) is 0.538. The Morgan fingerprint density at radius 2 is 2.17 bits per heavy atom. The summed E-state index contributed by atoms with van der Waals surface area (Å²) >= 11 is 3.52. The van der Waals surface area contributed by atoms with Crippen LogP contribution < -0.4 is 11.1 Å². The third-order valence-electron chi connectivity index (χ3n) is 3.03. The Morgan fingerprint density at radius 1 is 1.44 bits per heavy atom. The predicted octanol–water partition coefficient (Wildman–Crippen LogP) is 2.16. The number of nitrogen functional groups attached to an aromatic ring is 1. The number of morpholine rings is 1. The van der Waals surface area contributed by atoms with Gasteiger partial charge in [0.2, 0.25) is 0 Å². The molecule has 0 bridgehead atoms. The van der Waals surface area contributed by atoms with Gasteiger partial charge in [-0.15, -0.1) is 0 Å².